The number of fused-ring (bicyclic) bond motifs is 1. The quantitative estimate of drug-likeness (QED) is 0.362. The van der Waals surface area contributed by atoms with Gasteiger partial charge in [-0.05, 0) is 48.5 Å². The highest BCUT2D eigenvalue weighted by molar-refractivity contribution is 6.10. The van der Waals surface area contributed by atoms with Crippen molar-refractivity contribution in [2.45, 2.75) is 33.2 Å². The van der Waals surface area contributed by atoms with E-state index < -0.39 is 25.4 Å². The van der Waals surface area contributed by atoms with Crippen molar-refractivity contribution in [3.05, 3.63) is 60.3 Å². The number of ether oxygens (including phenoxy) is 2. The van der Waals surface area contributed by atoms with Crippen molar-refractivity contribution in [3.8, 4) is 11.5 Å². The minimum Gasteiger partial charge on any atom is -0.497 e. The molecule has 0 fully saturated rings. The van der Waals surface area contributed by atoms with E-state index in [-0.39, 0.29) is 29.7 Å². The van der Waals surface area contributed by atoms with E-state index in [9.17, 15) is 26.7 Å². The fourth-order valence-electron chi connectivity index (χ4n) is 3.39. The van der Waals surface area contributed by atoms with E-state index in [0.29, 0.717) is 17.0 Å². The molecule has 13 heteroatoms. The number of alkyl halides is 5. The monoisotopic (exact) mass is 525 g/mol. The van der Waals surface area contributed by atoms with Crippen molar-refractivity contribution in [1.29, 1.82) is 0 Å². The van der Waals surface area contributed by atoms with Gasteiger partial charge >= 0.3 is 18.8 Å². The molecule has 198 valence electrons. The Morgan fingerprint density at radius 3 is 2.16 bits per heavy atom. The molecule has 0 unspecified atom stereocenters. The van der Waals surface area contributed by atoms with Crippen molar-refractivity contribution in [3.63, 3.8) is 0 Å². The molecule has 2 aromatic carbocycles. The van der Waals surface area contributed by atoms with Gasteiger partial charge in [0.25, 0.3) is 0 Å². The number of nitrogens with zero attached hydrogens (tertiary/aromatic N) is 4. The third-order valence-electron chi connectivity index (χ3n) is 4.96. The highest BCUT2D eigenvalue weighted by Gasteiger charge is 2.35. The molecule has 2 heterocycles. The van der Waals surface area contributed by atoms with Gasteiger partial charge in [0, 0.05) is 17.4 Å². The van der Waals surface area contributed by atoms with Gasteiger partial charge in [-0.3, -0.25) is 4.90 Å². The molecule has 0 saturated heterocycles. The molecule has 0 saturated carbocycles. The zero-order valence-electron chi connectivity index (χ0n) is 20.1. The smallest absolute Gasteiger partial charge is 0.405 e. The molecule has 0 radical (unpaired) electrons. The van der Waals surface area contributed by atoms with Crippen LogP contribution in [0.4, 0.5) is 49.9 Å². The number of benzene rings is 2. The highest BCUT2D eigenvalue weighted by atomic mass is 19.4. The molecular weight excluding hydrogens is 501 g/mol. The van der Waals surface area contributed by atoms with Crippen LogP contribution in [0.1, 0.15) is 19.4 Å². The molecule has 1 aromatic heterocycles. The van der Waals surface area contributed by atoms with Crippen LogP contribution in [-0.2, 0) is 6.54 Å². The number of rotatable bonds is 7. The van der Waals surface area contributed by atoms with Gasteiger partial charge in [0.05, 0.1) is 19.3 Å². The summed E-state index contributed by atoms with van der Waals surface area (Å²) >= 11 is 0. The van der Waals surface area contributed by atoms with Gasteiger partial charge in [-0.25, -0.2) is 14.7 Å². The standard InChI is InChI=1S/C22H18F5N5O3.C2H6/c1-34-16-6-2-14(3-7-16)31-11-13-10-28-20(29-12-22(25,26)27)30-18(13)32(21(31)33)15-4-8-17(9-5-15)35-19(23)24;1-2/h2-10,19H,11-12H2,1H3,(H,28,29,30);1-2H3. The Kier molecular flexibility index (Phi) is 8.69. The molecule has 0 spiro atoms. The normalized spacial score (nSPS) is 13.1. The topological polar surface area (TPSA) is 79.8 Å². The van der Waals surface area contributed by atoms with E-state index in [1.165, 1.54) is 42.5 Å². The van der Waals surface area contributed by atoms with Gasteiger partial charge in [-0.2, -0.15) is 26.9 Å². The van der Waals surface area contributed by atoms with Crippen molar-refractivity contribution in [2.75, 3.05) is 28.8 Å². The summed E-state index contributed by atoms with van der Waals surface area (Å²) in [5.74, 6) is 0.181. The van der Waals surface area contributed by atoms with Crippen LogP contribution in [0.3, 0.4) is 0 Å². The molecule has 1 aliphatic rings. The second kappa shape index (κ2) is 11.7. The zero-order chi connectivity index (χ0) is 27.2. The number of aromatic nitrogens is 2. The maximum atomic E-state index is 13.5. The third-order valence-corrected chi connectivity index (χ3v) is 4.96. The lowest BCUT2D eigenvalue weighted by molar-refractivity contribution is -0.115. The molecule has 4 rings (SSSR count). The number of nitrogens with one attached hydrogen (secondary N) is 1. The van der Waals surface area contributed by atoms with Crippen LogP contribution in [0.15, 0.2) is 54.7 Å². The number of urea groups is 1. The molecule has 2 amide bonds. The first-order valence-electron chi connectivity index (χ1n) is 11.1. The van der Waals surface area contributed by atoms with Crippen LogP contribution < -0.4 is 24.6 Å². The summed E-state index contributed by atoms with van der Waals surface area (Å²) < 4.78 is 72.5. The van der Waals surface area contributed by atoms with Crippen LogP contribution in [0.25, 0.3) is 0 Å². The Labute approximate surface area is 209 Å². The summed E-state index contributed by atoms with van der Waals surface area (Å²) in [7, 11) is 1.50. The summed E-state index contributed by atoms with van der Waals surface area (Å²) in [6.45, 7) is -0.348. The number of carbonyl (C=O) groups excluding carboxylic acids is 1. The van der Waals surface area contributed by atoms with Crippen LogP contribution in [0, 0.1) is 0 Å². The first kappa shape index (κ1) is 27.4. The van der Waals surface area contributed by atoms with Gasteiger partial charge in [0.15, 0.2) is 5.82 Å². The van der Waals surface area contributed by atoms with Crippen molar-refractivity contribution < 1.29 is 36.2 Å². The van der Waals surface area contributed by atoms with E-state index >= 15 is 0 Å². The third kappa shape index (κ3) is 6.74. The van der Waals surface area contributed by atoms with Crippen LogP contribution in [0.2, 0.25) is 0 Å². The van der Waals surface area contributed by atoms with E-state index in [0.717, 1.165) is 4.90 Å². The molecule has 3 aromatic rings. The maximum Gasteiger partial charge on any atom is 0.405 e. The second-order valence-corrected chi connectivity index (χ2v) is 7.29. The molecule has 0 atom stereocenters. The van der Waals surface area contributed by atoms with Gasteiger partial charge < -0.3 is 14.8 Å². The van der Waals surface area contributed by atoms with Gasteiger partial charge in [0.1, 0.15) is 18.0 Å². The lowest BCUT2D eigenvalue weighted by Gasteiger charge is -2.36. The summed E-state index contributed by atoms with van der Waals surface area (Å²) in [4.78, 5) is 24.2. The van der Waals surface area contributed by atoms with E-state index in [2.05, 4.69) is 20.0 Å². The Hall–Kier alpha value is -4.16. The Bertz CT molecular complexity index is 1190. The summed E-state index contributed by atoms with van der Waals surface area (Å²) in [6.07, 6.45) is -3.17. The van der Waals surface area contributed by atoms with Crippen LogP contribution >= 0.6 is 0 Å². The lowest BCUT2D eigenvalue weighted by atomic mass is 10.1. The molecule has 0 bridgehead atoms. The molecule has 0 aliphatic carbocycles. The van der Waals surface area contributed by atoms with E-state index in [4.69, 9.17) is 4.74 Å². The van der Waals surface area contributed by atoms with Crippen LogP contribution in [-0.4, -0.2) is 42.4 Å². The zero-order valence-corrected chi connectivity index (χ0v) is 20.1. The fourth-order valence-corrected chi connectivity index (χ4v) is 3.39. The van der Waals surface area contributed by atoms with Crippen molar-refractivity contribution in [1.82, 2.24) is 9.97 Å². The number of hydrogen-bond acceptors (Lipinski definition) is 6. The fraction of sp³-hybridized carbons (Fsp3) is 0.292. The SMILES string of the molecule is CC.COc1ccc(N2Cc3cnc(NCC(F)(F)F)nc3N(c3ccc(OC(F)F)cc3)C2=O)cc1. The molecule has 37 heavy (non-hydrogen) atoms. The first-order chi connectivity index (χ1) is 17.6. The average molecular weight is 525 g/mol. The van der Waals surface area contributed by atoms with Crippen molar-refractivity contribution in [2.24, 2.45) is 0 Å². The summed E-state index contributed by atoms with van der Waals surface area (Å²) in [5.41, 5.74) is 1.20. The number of halogens is 5. The predicted molar refractivity (Wildman–Crippen MR) is 128 cm³/mol. The van der Waals surface area contributed by atoms with Gasteiger partial charge in [-0.15, -0.1) is 0 Å². The molecule has 8 nitrogen and oxygen atoms in total. The highest BCUT2D eigenvalue weighted by Crippen LogP contribution is 2.37. The number of methoxy groups -OCH3 is 1. The van der Waals surface area contributed by atoms with Crippen molar-refractivity contribution >= 4 is 29.2 Å². The number of anilines is 4. The van der Waals surface area contributed by atoms with Gasteiger partial charge in [-0.1, -0.05) is 13.8 Å². The Morgan fingerprint density at radius 1 is 1.00 bits per heavy atom. The lowest BCUT2D eigenvalue weighted by Crippen LogP contribution is -2.45. The predicted octanol–water partition coefficient (Wildman–Crippen LogP) is 6.37. The Balaban J connectivity index is 0.00000186. The Morgan fingerprint density at radius 2 is 1.59 bits per heavy atom. The van der Waals surface area contributed by atoms with E-state index in [1.807, 2.05) is 13.8 Å². The van der Waals surface area contributed by atoms with Crippen LogP contribution in [0.5, 0.6) is 11.5 Å². The summed E-state index contributed by atoms with van der Waals surface area (Å²) in [5, 5.41) is 2.09. The maximum absolute atomic E-state index is 13.5. The second-order valence-electron chi connectivity index (χ2n) is 7.29. The largest absolute Gasteiger partial charge is 0.497 e. The number of amides is 2. The van der Waals surface area contributed by atoms with E-state index in [1.54, 1.807) is 24.3 Å². The summed E-state index contributed by atoms with van der Waals surface area (Å²) in [6, 6.07) is 11.3. The molecular formula is C24H24F5N5O3. The number of carbonyl (C=O) groups is 1. The minimum absolute atomic E-state index is 0.0448. The average Bonchev–Trinajstić information content (AvgIpc) is 2.88. The number of hydrogen-bond donors (Lipinski definition) is 1. The molecule has 1 aliphatic heterocycles. The molecule has 1 N–H and O–H groups in total. The van der Waals surface area contributed by atoms with Gasteiger partial charge in [0.2, 0.25) is 5.95 Å². The minimum atomic E-state index is -4.50. The first-order valence-corrected chi connectivity index (χ1v) is 11.1.